The standard InChI is InChI=1S/C13H18ClN3O2/c1-8(2)13(19)17-11-7-9(3-4-10(11)14)16-12(18)5-6-15/h3-4,7-8H,5-6,15H2,1-2H3,(H,16,18)(H,17,19). The van der Waals surface area contributed by atoms with Gasteiger partial charge in [0.25, 0.3) is 0 Å². The Labute approximate surface area is 117 Å². The molecule has 0 heterocycles. The minimum absolute atomic E-state index is 0.132. The number of carbonyl (C=O) groups is 2. The van der Waals surface area contributed by atoms with Gasteiger partial charge in [-0.25, -0.2) is 0 Å². The normalized spacial score (nSPS) is 10.4. The van der Waals surface area contributed by atoms with E-state index in [2.05, 4.69) is 10.6 Å². The molecule has 0 aliphatic carbocycles. The average molecular weight is 284 g/mol. The summed E-state index contributed by atoms with van der Waals surface area (Å²) in [5, 5.41) is 5.81. The van der Waals surface area contributed by atoms with Crippen LogP contribution in [-0.2, 0) is 9.59 Å². The molecule has 5 nitrogen and oxygen atoms in total. The molecule has 0 fully saturated rings. The van der Waals surface area contributed by atoms with Gasteiger partial charge in [0.1, 0.15) is 0 Å². The molecule has 19 heavy (non-hydrogen) atoms. The van der Waals surface area contributed by atoms with Crippen molar-refractivity contribution < 1.29 is 9.59 Å². The summed E-state index contributed by atoms with van der Waals surface area (Å²) < 4.78 is 0. The monoisotopic (exact) mass is 283 g/mol. The van der Waals surface area contributed by atoms with Gasteiger partial charge in [-0.2, -0.15) is 0 Å². The highest BCUT2D eigenvalue weighted by Gasteiger charge is 2.11. The Morgan fingerprint density at radius 1 is 1.32 bits per heavy atom. The van der Waals surface area contributed by atoms with Crippen LogP contribution in [0, 0.1) is 5.92 Å². The fourth-order valence-electron chi connectivity index (χ4n) is 1.33. The van der Waals surface area contributed by atoms with Gasteiger partial charge in [0.2, 0.25) is 11.8 Å². The second-order valence-corrected chi connectivity index (χ2v) is 4.83. The molecule has 2 amide bonds. The highest BCUT2D eigenvalue weighted by molar-refractivity contribution is 6.33. The van der Waals surface area contributed by atoms with Crippen LogP contribution in [-0.4, -0.2) is 18.4 Å². The number of nitrogens with two attached hydrogens (primary N) is 1. The number of amides is 2. The third kappa shape index (κ3) is 4.89. The van der Waals surface area contributed by atoms with Crippen LogP contribution in [0.1, 0.15) is 20.3 Å². The smallest absolute Gasteiger partial charge is 0.226 e. The van der Waals surface area contributed by atoms with Crippen LogP contribution in [0.4, 0.5) is 11.4 Å². The predicted octanol–water partition coefficient (Wildman–Crippen LogP) is 2.22. The predicted molar refractivity (Wildman–Crippen MR) is 77.2 cm³/mol. The summed E-state index contributed by atoms with van der Waals surface area (Å²) >= 11 is 6.00. The number of halogens is 1. The van der Waals surface area contributed by atoms with E-state index in [0.29, 0.717) is 16.4 Å². The Hall–Kier alpha value is -1.59. The number of anilines is 2. The molecular formula is C13H18ClN3O2. The van der Waals surface area contributed by atoms with Crippen LogP contribution < -0.4 is 16.4 Å². The summed E-state index contributed by atoms with van der Waals surface area (Å²) in [6.07, 6.45) is 0.246. The van der Waals surface area contributed by atoms with E-state index in [-0.39, 0.29) is 30.7 Å². The van der Waals surface area contributed by atoms with E-state index in [0.717, 1.165) is 0 Å². The molecule has 104 valence electrons. The maximum atomic E-state index is 11.6. The van der Waals surface area contributed by atoms with Crippen LogP contribution in [0.25, 0.3) is 0 Å². The van der Waals surface area contributed by atoms with E-state index in [1.54, 1.807) is 32.0 Å². The van der Waals surface area contributed by atoms with Crippen LogP contribution in [0.15, 0.2) is 18.2 Å². The molecule has 1 aromatic carbocycles. The quantitative estimate of drug-likeness (QED) is 0.775. The molecule has 0 radical (unpaired) electrons. The Kier molecular flexibility index (Phi) is 5.79. The van der Waals surface area contributed by atoms with Crippen molar-refractivity contribution in [2.24, 2.45) is 11.7 Å². The van der Waals surface area contributed by atoms with Crippen LogP contribution in [0.3, 0.4) is 0 Å². The molecule has 0 unspecified atom stereocenters. The van der Waals surface area contributed by atoms with Gasteiger partial charge in [0.05, 0.1) is 10.7 Å². The van der Waals surface area contributed by atoms with Crippen molar-refractivity contribution in [2.45, 2.75) is 20.3 Å². The molecule has 1 rings (SSSR count). The first-order valence-electron chi connectivity index (χ1n) is 6.04. The molecule has 6 heteroatoms. The summed E-state index contributed by atoms with van der Waals surface area (Å²) in [5.74, 6) is -0.454. The first-order chi connectivity index (χ1) is 8.93. The van der Waals surface area contributed by atoms with Gasteiger partial charge in [0.15, 0.2) is 0 Å². The van der Waals surface area contributed by atoms with E-state index in [4.69, 9.17) is 17.3 Å². The lowest BCUT2D eigenvalue weighted by atomic mass is 10.2. The van der Waals surface area contributed by atoms with Crippen molar-refractivity contribution in [3.8, 4) is 0 Å². The van der Waals surface area contributed by atoms with Gasteiger partial charge in [-0.05, 0) is 18.2 Å². The first kappa shape index (κ1) is 15.5. The Morgan fingerprint density at radius 3 is 2.58 bits per heavy atom. The number of hydrogen-bond donors (Lipinski definition) is 3. The lowest BCUT2D eigenvalue weighted by Crippen LogP contribution is -2.19. The molecule has 0 aliphatic heterocycles. The second-order valence-electron chi connectivity index (χ2n) is 4.43. The van der Waals surface area contributed by atoms with Crippen molar-refractivity contribution in [2.75, 3.05) is 17.2 Å². The van der Waals surface area contributed by atoms with Crippen LogP contribution >= 0.6 is 11.6 Å². The molecule has 0 aliphatic rings. The van der Waals surface area contributed by atoms with Gasteiger partial charge in [-0.15, -0.1) is 0 Å². The van der Waals surface area contributed by atoms with E-state index < -0.39 is 0 Å². The van der Waals surface area contributed by atoms with E-state index in [1.807, 2.05) is 0 Å². The molecule has 4 N–H and O–H groups in total. The molecular weight excluding hydrogens is 266 g/mol. The summed E-state index contributed by atoms with van der Waals surface area (Å²) in [7, 11) is 0. The summed E-state index contributed by atoms with van der Waals surface area (Å²) in [5.41, 5.74) is 6.35. The highest BCUT2D eigenvalue weighted by Crippen LogP contribution is 2.26. The van der Waals surface area contributed by atoms with Crippen molar-refractivity contribution >= 4 is 34.8 Å². The van der Waals surface area contributed by atoms with Gasteiger partial charge >= 0.3 is 0 Å². The Balaban J connectivity index is 2.82. The van der Waals surface area contributed by atoms with E-state index >= 15 is 0 Å². The van der Waals surface area contributed by atoms with E-state index in [9.17, 15) is 9.59 Å². The average Bonchev–Trinajstić information content (AvgIpc) is 2.33. The number of rotatable bonds is 5. The Bertz CT molecular complexity index is 475. The van der Waals surface area contributed by atoms with Crippen LogP contribution in [0.2, 0.25) is 5.02 Å². The summed E-state index contributed by atoms with van der Waals surface area (Å²) in [6.45, 7) is 3.86. The Morgan fingerprint density at radius 2 is 2.00 bits per heavy atom. The van der Waals surface area contributed by atoms with Crippen molar-refractivity contribution in [3.05, 3.63) is 23.2 Å². The zero-order valence-corrected chi connectivity index (χ0v) is 11.8. The SMILES string of the molecule is CC(C)C(=O)Nc1cc(NC(=O)CCN)ccc1Cl. The van der Waals surface area contributed by atoms with Gasteiger partial charge < -0.3 is 16.4 Å². The van der Waals surface area contributed by atoms with Gasteiger partial charge in [0, 0.05) is 24.6 Å². The van der Waals surface area contributed by atoms with Crippen LogP contribution in [0.5, 0.6) is 0 Å². The third-order valence-corrected chi connectivity index (χ3v) is 2.73. The van der Waals surface area contributed by atoms with Crippen molar-refractivity contribution in [1.29, 1.82) is 0 Å². The number of carbonyl (C=O) groups excluding carboxylic acids is 2. The molecule has 0 spiro atoms. The second kappa shape index (κ2) is 7.11. The largest absolute Gasteiger partial charge is 0.330 e. The van der Waals surface area contributed by atoms with Crippen molar-refractivity contribution in [1.82, 2.24) is 0 Å². The zero-order valence-electron chi connectivity index (χ0n) is 11.0. The van der Waals surface area contributed by atoms with Gasteiger partial charge in [-0.3, -0.25) is 9.59 Å². The maximum absolute atomic E-state index is 11.6. The zero-order chi connectivity index (χ0) is 14.4. The van der Waals surface area contributed by atoms with Gasteiger partial charge in [-0.1, -0.05) is 25.4 Å². The summed E-state index contributed by atoms with van der Waals surface area (Å²) in [4.78, 5) is 23.1. The molecule has 0 saturated carbocycles. The first-order valence-corrected chi connectivity index (χ1v) is 6.42. The molecule has 0 atom stereocenters. The molecule has 1 aromatic rings. The molecule has 0 bridgehead atoms. The lowest BCUT2D eigenvalue weighted by molar-refractivity contribution is -0.119. The highest BCUT2D eigenvalue weighted by atomic mass is 35.5. The van der Waals surface area contributed by atoms with Crippen molar-refractivity contribution in [3.63, 3.8) is 0 Å². The molecule has 0 aromatic heterocycles. The number of benzene rings is 1. The van der Waals surface area contributed by atoms with E-state index in [1.165, 1.54) is 0 Å². The lowest BCUT2D eigenvalue weighted by Gasteiger charge is -2.11. The summed E-state index contributed by atoms with van der Waals surface area (Å²) in [6, 6.07) is 4.91. The maximum Gasteiger partial charge on any atom is 0.226 e. The third-order valence-electron chi connectivity index (χ3n) is 2.40. The topological polar surface area (TPSA) is 84.2 Å². The number of hydrogen-bond acceptors (Lipinski definition) is 3. The fourth-order valence-corrected chi connectivity index (χ4v) is 1.50. The molecule has 0 saturated heterocycles. The fraction of sp³-hybridized carbons (Fsp3) is 0.385. The number of nitrogens with one attached hydrogen (secondary N) is 2. The minimum atomic E-state index is -0.175. The minimum Gasteiger partial charge on any atom is -0.330 e.